The lowest BCUT2D eigenvalue weighted by Gasteiger charge is -2.08. The zero-order valence-corrected chi connectivity index (χ0v) is 13.6. The molecule has 0 saturated heterocycles. The highest BCUT2D eigenvalue weighted by molar-refractivity contribution is 7.88. The Hall–Kier alpha value is -0.910. The van der Waals surface area contributed by atoms with Crippen molar-refractivity contribution in [3.8, 4) is 0 Å². The Kier molecular flexibility index (Phi) is 6.21. The Labute approximate surface area is 128 Å². The van der Waals surface area contributed by atoms with Crippen LogP contribution in [0.1, 0.15) is 43.7 Å². The molecule has 1 aromatic rings. The number of hydrogen-bond donors (Lipinski definition) is 2. The summed E-state index contributed by atoms with van der Waals surface area (Å²) in [6, 6.07) is 7.81. The van der Waals surface area contributed by atoms with Crippen LogP contribution in [0.3, 0.4) is 0 Å². The van der Waals surface area contributed by atoms with Crippen molar-refractivity contribution in [1.29, 1.82) is 0 Å². The molecule has 1 aliphatic rings. The van der Waals surface area contributed by atoms with Gasteiger partial charge < -0.3 is 5.32 Å². The van der Waals surface area contributed by atoms with Crippen molar-refractivity contribution in [2.24, 2.45) is 5.92 Å². The zero-order valence-electron chi connectivity index (χ0n) is 12.8. The lowest BCUT2D eigenvalue weighted by Crippen LogP contribution is -2.26. The van der Waals surface area contributed by atoms with Crippen molar-refractivity contribution in [3.05, 3.63) is 35.4 Å². The van der Waals surface area contributed by atoms with E-state index in [0.717, 1.165) is 43.0 Å². The second-order valence-electron chi connectivity index (χ2n) is 5.88. The lowest BCUT2D eigenvalue weighted by atomic mass is 10.1. The van der Waals surface area contributed by atoms with Gasteiger partial charge in [-0.1, -0.05) is 44.0 Å². The zero-order chi connectivity index (χ0) is 15.1. The van der Waals surface area contributed by atoms with Crippen molar-refractivity contribution >= 4 is 10.0 Å². The molecule has 0 spiro atoms. The first kappa shape index (κ1) is 16.5. The van der Waals surface area contributed by atoms with E-state index in [1.807, 2.05) is 24.3 Å². The van der Waals surface area contributed by atoms with Crippen LogP contribution in [0.4, 0.5) is 0 Å². The van der Waals surface area contributed by atoms with Crippen molar-refractivity contribution < 1.29 is 8.42 Å². The molecule has 21 heavy (non-hydrogen) atoms. The first-order valence-corrected chi connectivity index (χ1v) is 9.50. The number of hydrogen-bond acceptors (Lipinski definition) is 3. The van der Waals surface area contributed by atoms with E-state index in [1.165, 1.54) is 12.8 Å². The number of benzene rings is 1. The van der Waals surface area contributed by atoms with E-state index in [2.05, 4.69) is 17.0 Å². The summed E-state index contributed by atoms with van der Waals surface area (Å²) in [4.78, 5) is 0. The molecule has 1 aliphatic carbocycles. The number of rotatable bonds is 10. The van der Waals surface area contributed by atoms with Crippen LogP contribution in [0.5, 0.6) is 0 Å². The minimum atomic E-state index is -3.21. The molecule has 2 N–H and O–H groups in total. The van der Waals surface area contributed by atoms with E-state index in [-0.39, 0.29) is 5.75 Å². The number of sulfonamides is 1. The van der Waals surface area contributed by atoms with Crippen LogP contribution in [0.2, 0.25) is 0 Å². The van der Waals surface area contributed by atoms with Gasteiger partial charge in [-0.2, -0.15) is 0 Å². The third-order valence-electron chi connectivity index (χ3n) is 3.68. The summed E-state index contributed by atoms with van der Waals surface area (Å²) in [5.41, 5.74) is 1.99. The standard InChI is InChI=1S/C16H26N2O2S/c1-2-9-17-12-15-4-3-5-16(11-15)13-21(19,20)18-10-8-14-6-7-14/h3-5,11,14,17-18H,2,6-10,12-13H2,1H3. The topological polar surface area (TPSA) is 58.2 Å². The van der Waals surface area contributed by atoms with E-state index >= 15 is 0 Å². The summed E-state index contributed by atoms with van der Waals surface area (Å²) < 4.78 is 26.8. The summed E-state index contributed by atoms with van der Waals surface area (Å²) in [5, 5.41) is 3.33. The van der Waals surface area contributed by atoms with E-state index in [0.29, 0.717) is 6.54 Å². The minimum Gasteiger partial charge on any atom is -0.313 e. The average Bonchev–Trinajstić information content (AvgIpc) is 3.23. The molecule has 0 bridgehead atoms. The SMILES string of the molecule is CCCNCc1cccc(CS(=O)(=O)NCCC2CC2)c1. The van der Waals surface area contributed by atoms with Crippen LogP contribution < -0.4 is 10.0 Å². The van der Waals surface area contributed by atoms with Crippen LogP contribution >= 0.6 is 0 Å². The fourth-order valence-electron chi connectivity index (χ4n) is 2.33. The molecule has 1 fully saturated rings. The smallest absolute Gasteiger partial charge is 0.215 e. The maximum absolute atomic E-state index is 12.0. The first-order valence-electron chi connectivity index (χ1n) is 7.85. The van der Waals surface area contributed by atoms with Gasteiger partial charge in [-0.15, -0.1) is 0 Å². The molecule has 0 amide bonds. The van der Waals surface area contributed by atoms with Gasteiger partial charge in [0.1, 0.15) is 0 Å². The molecule has 0 unspecified atom stereocenters. The molecule has 0 aromatic heterocycles. The highest BCUT2D eigenvalue weighted by Crippen LogP contribution is 2.31. The van der Waals surface area contributed by atoms with Gasteiger partial charge in [-0.05, 0) is 36.4 Å². The highest BCUT2D eigenvalue weighted by atomic mass is 32.2. The van der Waals surface area contributed by atoms with Gasteiger partial charge in [0.15, 0.2) is 0 Å². The largest absolute Gasteiger partial charge is 0.313 e. The van der Waals surface area contributed by atoms with Crippen LogP contribution in [0.15, 0.2) is 24.3 Å². The molecule has 1 aromatic carbocycles. The highest BCUT2D eigenvalue weighted by Gasteiger charge is 2.21. The van der Waals surface area contributed by atoms with Gasteiger partial charge in [-0.3, -0.25) is 0 Å². The fraction of sp³-hybridized carbons (Fsp3) is 0.625. The molecule has 0 atom stereocenters. The molecule has 0 aliphatic heterocycles. The van der Waals surface area contributed by atoms with E-state index in [4.69, 9.17) is 0 Å². The Bertz CT molecular complexity index is 539. The van der Waals surface area contributed by atoms with Gasteiger partial charge in [0.05, 0.1) is 5.75 Å². The monoisotopic (exact) mass is 310 g/mol. The van der Waals surface area contributed by atoms with E-state index in [1.54, 1.807) is 0 Å². The molecular weight excluding hydrogens is 284 g/mol. The Balaban J connectivity index is 1.83. The molecule has 2 rings (SSSR count). The fourth-order valence-corrected chi connectivity index (χ4v) is 3.48. The Morgan fingerprint density at radius 1 is 1.19 bits per heavy atom. The van der Waals surface area contributed by atoms with Gasteiger partial charge in [0, 0.05) is 13.1 Å². The summed E-state index contributed by atoms with van der Waals surface area (Å²) in [7, 11) is -3.21. The quantitative estimate of drug-likeness (QED) is 0.653. The maximum atomic E-state index is 12.0. The average molecular weight is 310 g/mol. The molecule has 1 saturated carbocycles. The number of nitrogens with one attached hydrogen (secondary N) is 2. The summed E-state index contributed by atoms with van der Waals surface area (Å²) in [5.74, 6) is 0.819. The second kappa shape index (κ2) is 7.92. The van der Waals surface area contributed by atoms with Gasteiger partial charge in [-0.25, -0.2) is 13.1 Å². The van der Waals surface area contributed by atoms with E-state index < -0.39 is 10.0 Å². The third kappa shape index (κ3) is 6.59. The molecule has 4 nitrogen and oxygen atoms in total. The van der Waals surface area contributed by atoms with Gasteiger partial charge >= 0.3 is 0 Å². The summed E-state index contributed by atoms with van der Waals surface area (Å²) in [6.45, 7) is 4.47. The Morgan fingerprint density at radius 3 is 2.67 bits per heavy atom. The molecule has 0 heterocycles. The molecule has 118 valence electrons. The van der Waals surface area contributed by atoms with Crippen LogP contribution in [-0.4, -0.2) is 21.5 Å². The minimum absolute atomic E-state index is 0.0687. The van der Waals surface area contributed by atoms with Crippen LogP contribution in [0, 0.1) is 5.92 Å². The predicted octanol–water partition coefficient (Wildman–Crippen LogP) is 2.41. The molecule has 0 radical (unpaired) electrons. The summed E-state index contributed by atoms with van der Waals surface area (Å²) >= 11 is 0. The van der Waals surface area contributed by atoms with Crippen molar-refractivity contribution in [3.63, 3.8) is 0 Å². The first-order chi connectivity index (χ1) is 10.1. The van der Waals surface area contributed by atoms with Crippen molar-refractivity contribution in [2.45, 2.75) is 44.9 Å². The molecule has 5 heteroatoms. The summed E-state index contributed by atoms with van der Waals surface area (Å²) in [6.07, 6.45) is 4.59. The normalized spacial score (nSPS) is 15.3. The van der Waals surface area contributed by atoms with Gasteiger partial charge in [0.2, 0.25) is 10.0 Å². The van der Waals surface area contributed by atoms with Crippen LogP contribution in [-0.2, 0) is 22.3 Å². The van der Waals surface area contributed by atoms with E-state index in [9.17, 15) is 8.42 Å². The van der Waals surface area contributed by atoms with Crippen molar-refractivity contribution in [2.75, 3.05) is 13.1 Å². The van der Waals surface area contributed by atoms with Gasteiger partial charge in [0.25, 0.3) is 0 Å². The Morgan fingerprint density at radius 2 is 1.95 bits per heavy atom. The van der Waals surface area contributed by atoms with Crippen molar-refractivity contribution in [1.82, 2.24) is 10.0 Å². The maximum Gasteiger partial charge on any atom is 0.215 e. The van der Waals surface area contributed by atoms with Crippen LogP contribution in [0.25, 0.3) is 0 Å². The third-order valence-corrected chi connectivity index (χ3v) is 5.03. The molecular formula is C16H26N2O2S. The second-order valence-corrected chi connectivity index (χ2v) is 7.69. The predicted molar refractivity (Wildman–Crippen MR) is 86.4 cm³/mol. The lowest BCUT2D eigenvalue weighted by molar-refractivity contribution is 0.574.